The minimum atomic E-state index is -0.855. The number of likely N-dealkylation sites (N-methyl/N-ethyl adjacent to an activating group) is 1. The molecule has 0 saturated heterocycles. The molecule has 9 heteroatoms. The molecule has 29 heavy (non-hydrogen) atoms. The maximum Gasteiger partial charge on any atom is 0.246 e. The topological polar surface area (TPSA) is 79.4 Å². The van der Waals surface area contributed by atoms with E-state index in [9.17, 15) is 13.6 Å². The van der Waals surface area contributed by atoms with Gasteiger partial charge in [-0.15, -0.1) is 0 Å². The number of amides is 1. The molecule has 2 N–H and O–H groups in total. The summed E-state index contributed by atoms with van der Waals surface area (Å²) in [6.45, 7) is 2.81. The lowest BCUT2D eigenvalue weighted by Crippen LogP contribution is -2.44. The highest BCUT2D eigenvalue weighted by atomic mass is 19.2. The van der Waals surface area contributed by atoms with Gasteiger partial charge in [0.2, 0.25) is 11.9 Å². The average molecular weight is 403 g/mol. The quantitative estimate of drug-likeness (QED) is 0.772. The normalized spacial score (nSPS) is 23.2. The van der Waals surface area contributed by atoms with E-state index in [0.717, 1.165) is 25.5 Å². The van der Waals surface area contributed by atoms with E-state index in [1.165, 1.54) is 12.1 Å². The second kappa shape index (κ2) is 7.90. The number of nitrogens with zero attached hydrogens (tertiary/aromatic N) is 3. The number of fused-ring (bicyclic) bond motifs is 1. The fraction of sp³-hybridized carbons (Fsp3) is 0.450. The van der Waals surface area contributed by atoms with E-state index in [2.05, 4.69) is 20.6 Å². The zero-order valence-electron chi connectivity index (χ0n) is 16.3. The molecule has 1 amide bonds. The number of anilines is 3. The number of carbonyl (C=O) groups is 1. The van der Waals surface area contributed by atoms with Gasteiger partial charge in [0.1, 0.15) is 11.7 Å². The molecule has 0 spiro atoms. The first-order valence-corrected chi connectivity index (χ1v) is 9.61. The predicted octanol–water partition coefficient (Wildman–Crippen LogP) is 2.94. The minimum absolute atomic E-state index is 0.0757. The Morgan fingerprint density at radius 2 is 2.10 bits per heavy atom. The van der Waals surface area contributed by atoms with Crippen molar-refractivity contribution in [1.82, 2.24) is 9.97 Å². The van der Waals surface area contributed by atoms with Gasteiger partial charge in [-0.3, -0.25) is 4.79 Å². The van der Waals surface area contributed by atoms with Crippen molar-refractivity contribution in [3.05, 3.63) is 41.6 Å². The molecule has 1 aromatic heterocycles. The van der Waals surface area contributed by atoms with E-state index in [1.807, 2.05) is 18.9 Å². The summed E-state index contributed by atoms with van der Waals surface area (Å²) in [4.78, 5) is 22.5. The van der Waals surface area contributed by atoms with Crippen molar-refractivity contribution in [2.75, 3.05) is 29.1 Å². The number of rotatable bonds is 6. The molecule has 4 rings (SSSR count). The van der Waals surface area contributed by atoms with Gasteiger partial charge in [0, 0.05) is 13.6 Å². The van der Waals surface area contributed by atoms with Crippen molar-refractivity contribution in [1.29, 1.82) is 0 Å². The molecule has 2 heterocycles. The molecule has 2 aromatic rings. The van der Waals surface area contributed by atoms with E-state index in [4.69, 9.17) is 4.74 Å². The summed E-state index contributed by atoms with van der Waals surface area (Å²) in [6.07, 6.45) is 3.49. The fourth-order valence-corrected chi connectivity index (χ4v) is 3.47. The number of hydrogen-bond acceptors (Lipinski definition) is 6. The lowest BCUT2D eigenvalue weighted by Gasteiger charge is -2.35. The molecule has 7 nitrogen and oxygen atoms in total. The monoisotopic (exact) mass is 403 g/mol. The van der Waals surface area contributed by atoms with Gasteiger partial charge in [-0.2, -0.15) is 4.98 Å². The maximum atomic E-state index is 13.2. The average Bonchev–Trinajstić information content (AvgIpc) is 2.67. The molecule has 1 saturated carbocycles. The summed E-state index contributed by atoms with van der Waals surface area (Å²) in [5.74, 6) is -0.141. The van der Waals surface area contributed by atoms with Gasteiger partial charge in [0.25, 0.3) is 0 Å². The van der Waals surface area contributed by atoms with Crippen molar-refractivity contribution >= 4 is 23.4 Å². The summed E-state index contributed by atoms with van der Waals surface area (Å²) in [5, 5.41) is 6.04. The van der Waals surface area contributed by atoms with Gasteiger partial charge in [-0.1, -0.05) is 6.07 Å². The summed E-state index contributed by atoms with van der Waals surface area (Å²) in [7, 11) is 1.83. The molecular weight excluding hydrogens is 380 g/mol. The van der Waals surface area contributed by atoms with E-state index >= 15 is 0 Å². The molecule has 154 valence electrons. The largest absolute Gasteiger partial charge is 0.374 e. The maximum absolute atomic E-state index is 13.2. The van der Waals surface area contributed by atoms with Gasteiger partial charge in [0.05, 0.1) is 18.9 Å². The Morgan fingerprint density at radius 3 is 2.86 bits per heavy atom. The number of aromatic nitrogens is 2. The molecule has 0 unspecified atom stereocenters. The van der Waals surface area contributed by atoms with Crippen LogP contribution >= 0.6 is 0 Å². The van der Waals surface area contributed by atoms with E-state index in [-0.39, 0.29) is 24.7 Å². The summed E-state index contributed by atoms with van der Waals surface area (Å²) in [5.41, 5.74) is 1.23. The van der Waals surface area contributed by atoms with Gasteiger partial charge in [-0.05, 0) is 43.4 Å². The number of carbonyl (C=O) groups excluding carboxylic acids is 1. The zero-order chi connectivity index (χ0) is 20.5. The third-order valence-corrected chi connectivity index (χ3v) is 5.53. The summed E-state index contributed by atoms with van der Waals surface area (Å²) in [6, 6.07) is 3.53. The third-order valence-electron chi connectivity index (χ3n) is 5.53. The van der Waals surface area contributed by atoms with E-state index < -0.39 is 11.6 Å². The van der Waals surface area contributed by atoms with Crippen LogP contribution in [-0.2, 0) is 16.1 Å². The van der Waals surface area contributed by atoms with Gasteiger partial charge >= 0.3 is 0 Å². The number of benzene rings is 1. The molecule has 1 atom stereocenters. The Balaban J connectivity index is 1.23. The minimum Gasteiger partial charge on any atom is -0.374 e. The number of ether oxygens (including phenoxy) is 1. The van der Waals surface area contributed by atoms with Crippen molar-refractivity contribution in [2.45, 2.75) is 38.5 Å². The van der Waals surface area contributed by atoms with E-state index in [0.29, 0.717) is 28.9 Å². The Bertz CT molecular complexity index is 920. The Hall–Kier alpha value is -2.81. The van der Waals surface area contributed by atoms with Crippen LogP contribution in [0, 0.1) is 17.6 Å². The standard InChI is InChI=1S/C20H23F2N5O2/c1-11-19(28)25-17-9-24-20(26-18(17)27(11)2)23-8-13-5-14(6-13)29-10-12-3-4-15(21)16(22)7-12/h3-4,7,9,11,13-14H,5-6,8,10H2,1-2H3,(H,25,28)(H,23,24,26)/t11-,13-,14-/m0/s1. The lowest BCUT2D eigenvalue weighted by molar-refractivity contribution is -0.117. The smallest absolute Gasteiger partial charge is 0.246 e. The van der Waals surface area contributed by atoms with Crippen molar-refractivity contribution in [3.63, 3.8) is 0 Å². The van der Waals surface area contributed by atoms with Gasteiger partial charge < -0.3 is 20.3 Å². The summed E-state index contributed by atoms with van der Waals surface area (Å²) < 4.78 is 31.9. The molecule has 1 aliphatic carbocycles. The van der Waals surface area contributed by atoms with Crippen LogP contribution in [0.25, 0.3) is 0 Å². The van der Waals surface area contributed by atoms with Crippen molar-refractivity contribution < 1.29 is 18.3 Å². The van der Waals surface area contributed by atoms with Crippen LogP contribution < -0.4 is 15.5 Å². The fourth-order valence-electron chi connectivity index (χ4n) is 3.47. The van der Waals surface area contributed by atoms with Gasteiger partial charge in [-0.25, -0.2) is 13.8 Å². The van der Waals surface area contributed by atoms with Crippen LogP contribution in [0.1, 0.15) is 25.3 Å². The molecule has 0 radical (unpaired) electrons. The van der Waals surface area contributed by atoms with Crippen LogP contribution in [-0.4, -0.2) is 41.6 Å². The highest BCUT2D eigenvalue weighted by molar-refractivity contribution is 6.02. The first kappa shape index (κ1) is 19.5. The first-order chi connectivity index (χ1) is 13.9. The highest BCUT2D eigenvalue weighted by Gasteiger charge is 2.31. The number of halogens is 2. The van der Waals surface area contributed by atoms with Crippen LogP contribution in [0.4, 0.5) is 26.2 Å². The number of hydrogen-bond donors (Lipinski definition) is 2. The molecule has 1 aromatic carbocycles. The molecule has 1 fully saturated rings. The Labute approximate surface area is 167 Å². The lowest BCUT2D eigenvalue weighted by atomic mass is 9.82. The highest BCUT2D eigenvalue weighted by Crippen LogP contribution is 2.32. The van der Waals surface area contributed by atoms with Gasteiger partial charge in [0.15, 0.2) is 17.5 Å². The Morgan fingerprint density at radius 1 is 1.31 bits per heavy atom. The second-order valence-electron chi connectivity index (χ2n) is 7.61. The molecule has 1 aliphatic heterocycles. The van der Waals surface area contributed by atoms with Crippen LogP contribution in [0.2, 0.25) is 0 Å². The van der Waals surface area contributed by atoms with Crippen LogP contribution in [0.5, 0.6) is 0 Å². The SMILES string of the molecule is C[C@H]1C(=O)Nc2cnc(NC[C@H]3C[C@H](OCc4ccc(F)c(F)c4)C3)nc2N1C. The van der Waals surface area contributed by atoms with Crippen molar-refractivity contribution in [3.8, 4) is 0 Å². The zero-order valence-corrected chi connectivity index (χ0v) is 16.3. The summed E-state index contributed by atoms with van der Waals surface area (Å²) >= 11 is 0. The Kier molecular flexibility index (Phi) is 5.31. The third kappa shape index (κ3) is 4.14. The van der Waals surface area contributed by atoms with Crippen LogP contribution in [0.15, 0.2) is 24.4 Å². The van der Waals surface area contributed by atoms with E-state index in [1.54, 1.807) is 6.20 Å². The second-order valence-corrected chi connectivity index (χ2v) is 7.61. The molecule has 2 aliphatic rings. The molecular formula is C20H23F2N5O2. The first-order valence-electron chi connectivity index (χ1n) is 9.61. The van der Waals surface area contributed by atoms with Crippen LogP contribution in [0.3, 0.4) is 0 Å². The van der Waals surface area contributed by atoms with Crippen molar-refractivity contribution in [2.24, 2.45) is 5.92 Å². The molecule has 0 bridgehead atoms. The number of nitrogens with one attached hydrogen (secondary N) is 2. The predicted molar refractivity (Wildman–Crippen MR) is 105 cm³/mol.